The Morgan fingerprint density at radius 2 is 2.00 bits per heavy atom. The molecule has 0 N–H and O–H groups in total. The van der Waals surface area contributed by atoms with Crippen molar-refractivity contribution in [1.29, 1.82) is 0 Å². The molecule has 8 nitrogen and oxygen atoms in total. The van der Waals surface area contributed by atoms with Crippen molar-refractivity contribution < 1.29 is 28.2 Å². The molecule has 0 saturated heterocycles. The molecule has 0 amide bonds. The smallest absolute Gasteiger partial charge is 0.340 e. The molecule has 0 radical (unpaired) electrons. The number of aryl methyl sites for hydroxylation is 1. The lowest BCUT2D eigenvalue weighted by Gasteiger charge is -2.30. The van der Waals surface area contributed by atoms with Crippen molar-refractivity contribution in [3.8, 4) is 17.2 Å². The minimum atomic E-state index is -0.571. The zero-order valence-corrected chi connectivity index (χ0v) is 18.3. The average molecular weight is 458 g/mol. The molecule has 0 atom stereocenters. The van der Waals surface area contributed by atoms with E-state index in [4.69, 9.17) is 35.0 Å². The van der Waals surface area contributed by atoms with Crippen molar-refractivity contribution in [2.45, 2.75) is 26.4 Å². The molecule has 32 heavy (non-hydrogen) atoms. The highest BCUT2D eigenvalue weighted by Gasteiger charge is 2.27. The van der Waals surface area contributed by atoms with Gasteiger partial charge in [0.25, 0.3) is 0 Å². The van der Waals surface area contributed by atoms with Crippen LogP contribution in [0.15, 0.2) is 33.5 Å². The number of hydrogen-bond acceptors (Lipinski definition) is 8. The van der Waals surface area contributed by atoms with Gasteiger partial charge in [-0.1, -0.05) is 17.7 Å². The number of rotatable bonds is 4. The van der Waals surface area contributed by atoms with Gasteiger partial charge in [-0.2, -0.15) is 0 Å². The first kappa shape index (κ1) is 20.7. The zero-order valence-electron chi connectivity index (χ0n) is 17.5. The molecule has 3 heterocycles. The number of nitrogens with zero attached hydrogens (tertiary/aromatic N) is 1. The first-order valence-corrected chi connectivity index (χ1v) is 10.4. The van der Waals surface area contributed by atoms with E-state index in [1.165, 1.54) is 7.11 Å². The molecule has 2 aromatic carbocycles. The predicted octanol–water partition coefficient (Wildman–Crippen LogP) is 3.55. The maximum absolute atomic E-state index is 12.7. The van der Waals surface area contributed by atoms with Crippen molar-refractivity contribution in [3.05, 3.63) is 62.0 Å². The molecule has 0 bridgehead atoms. The number of carbonyl (C=O) groups excluding carboxylic acids is 1. The molecule has 1 aromatic heterocycles. The Kier molecular flexibility index (Phi) is 5.19. The Hall–Kier alpha value is -3.23. The summed E-state index contributed by atoms with van der Waals surface area (Å²) < 4.78 is 27.1. The molecule has 0 unspecified atom stereocenters. The van der Waals surface area contributed by atoms with Gasteiger partial charge in [-0.15, -0.1) is 0 Å². The van der Waals surface area contributed by atoms with E-state index in [-0.39, 0.29) is 18.8 Å². The van der Waals surface area contributed by atoms with Crippen molar-refractivity contribution in [2.24, 2.45) is 0 Å². The number of halogens is 1. The summed E-state index contributed by atoms with van der Waals surface area (Å²) in [7, 11) is 1.28. The van der Waals surface area contributed by atoms with Crippen LogP contribution in [0.1, 0.15) is 22.3 Å². The van der Waals surface area contributed by atoms with E-state index in [0.29, 0.717) is 58.4 Å². The highest BCUT2D eigenvalue weighted by atomic mass is 35.5. The van der Waals surface area contributed by atoms with Crippen molar-refractivity contribution in [3.63, 3.8) is 0 Å². The van der Waals surface area contributed by atoms with E-state index in [0.717, 1.165) is 11.3 Å². The van der Waals surface area contributed by atoms with Gasteiger partial charge < -0.3 is 23.4 Å². The Balaban J connectivity index is 1.51. The maximum atomic E-state index is 12.7. The van der Waals surface area contributed by atoms with Crippen LogP contribution in [0.25, 0.3) is 11.0 Å². The second kappa shape index (κ2) is 8.03. The third-order valence-electron chi connectivity index (χ3n) is 5.74. The van der Waals surface area contributed by atoms with Gasteiger partial charge in [0, 0.05) is 18.5 Å². The molecule has 2 aliphatic heterocycles. The number of ether oxygens (including phenoxy) is 4. The molecule has 0 aliphatic carbocycles. The van der Waals surface area contributed by atoms with Crippen LogP contribution in [0.5, 0.6) is 17.2 Å². The van der Waals surface area contributed by atoms with Crippen LogP contribution in [-0.4, -0.2) is 31.5 Å². The largest absolute Gasteiger partial charge is 0.476 e. The number of fused-ring (bicyclic) bond motifs is 4. The number of methoxy groups -OCH3 is 1. The number of esters is 1. The molecule has 3 aromatic rings. The minimum absolute atomic E-state index is 0.165. The molecule has 0 spiro atoms. The molecular formula is C23H20ClNO7. The van der Waals surface area contributed by atoms with Crippen LogP contribution in [0.2, 0.25) is 5.02 Å². The van der Waals surface area contributed by atoms with E-state index >= 15 is 0 Å². The lowest BCUT2D eigenvalue weighted by atomic mass is 10.00. The third-order valence-corrected chi connectivity index (χ3v) is 6.02. The highest BCUT2D eigenvalue weighted by molar-refractivity contribution is 6.33. The average Bonchev–Trinajstić information content (AvgIpc) is 3.25. The van der Waals surface area contributed by atoms with Gasteiger partial charge in [0.2, 0.25) is 6.79 Å². The Labute approximate surface area is 188 Å². The summed E-state index contributed by atoms with van der Waals surface area (Å²) in [5, 5.41) is 1.09. The van der Waals surface area contributed by atoms with Gasteiger partial charge in [-0.25, -0.2) is 4.79 Å². The van der Waals surface area contributed by atoms with E-state index in [9.17, 15) is 9.59 Å². The zero-order chi connectivity index (χ0) is 22.4. The van der Waals surface area contributed by atoms with Crippen LogP contribution in [0.3, 0.4) is 0 Å². The minimum Gasteiger partial charge on any atom is -0.476 e. The molecule has 9 heteroatoms. The molecule has 166 valence electrons. The fourth-order valence-corrected chi connectivity index (χ4v) is 4.36. The quantitative estimate of drug-likeness (QED) is 0.434. The topological polar surface area (TPSA) is 87.4 Å². The van der Waals surface area contributed by atoms with Crippen LogP contribution >= 0.6 is 11.6 Å². The monoisotopic (exact) mass is 457 g/mol. The van der Waals surface area contributed by atoms with Crippen molar-refractivity contribution >= 4 is 28.5 Å². The Morgan fingerprint density at radius 3 is 2.81 bits per heavy atom. The number of benzene rings is 2. The second-order valence-electron chi connectivity index (χ2n) is 7.74. The van der Waals surface area contributed by atoms with Gasteiger partial charge in [-0.3, -0.25) is 9.69 Å². The third kappa shape index (κ3) is 3.55. The SMILES string of the molecule is COC(=O)Cc1c(C)c2cc(Cl)c3c(c2oc1=O)CN(Cc1ccc2c(c1)OCO2)CO3. The second-order valence-corrected chi connectivity index (χ2v) is 8.14. The Bertz CT molecular complexity index is 1300. The summed E-state index contributed by atoms with van der Waals surface area (Å²) in [6.07, 6.45) is -0.165. The van der Waals surface area contributed by atoms with Crippen LogP contribution in [-0.2, 0) is 29.0 Å². The van der Waals surface area contributed by atoms with Crippen LogP contribution in [0, 0.1) is 6.92 Å². The summed E-state index contributed by atoms with van der Waals surface area (Å²) in [6, 6.07) is 7.51. The summed E-state index contributed by atoms with van der Waals surface area (Å²) in [5.74, 6) is 1.44. The van der Waals surface area contributed by atoms with Crippen LogP contribution < -0.4 is 19.8 Å². The normalized spacial score (nSPS) is 14.8. The Morgan fingerprint density at radius 1 is 1.19 bits per heavy atom. The summed E-state index contributed by atoms with van der Waals surface area (Å²) >= 11 is 6.50. The van der Waals surface area contributed by atoms with Gasteiger partial charge in [0.1, 0.15) is 18.1 Å². The standard InChI is InChI=1S/C23H20ClNO7/c1-12-14-6-17(24)22-16(21(14)32-23(27)15(12)7-20(26)28-2)9-25(10-29-22)8-13-3-4-18-19(5-13)31-11-30-18/h3-6H,7-11H2,1-2H3. The van der Waals surface area contributed by atoms with Crippen molar-refractivity contribution in [2.75, 3.05) is 20.6 Å². The van der Waals surface area contributed by atoms with Gasteiger partial charge in [-0.05, 0) is 36.2 Å². The van der Waals surface area contributed by atoms with Crippen molar-refractivity contribution in [1.82, 2.24) is 4.90 Å². The predicted molar refractivity (Wildman–Crippen MR) is 115 cm³/mol. The van der Waals surface area contributed by atoms with E-state index in [1.807, 2.05) is 18.2 Å². The van der Waals surface area contributed by atoms with Gasteiger partial charge in [0.15, 0.2) is 11.5 Å². The van der Waals surface area contributed by atoms with E-state index in [2.05, 4.69) is 4.90 Å². The molecular weight excluding hydrogens is 438 g/mol. The number of carbonyl (C=O) groups is 1. The number of hydrogen-bond donors (Lipinski definition) is 0. The summed E-state index contributed by atoms with van der Waals surface area (Å²) in [6.45, 7) is 3.39. The maximum Gasteiger partial charge on any atom is 0.340 e. The summed E-state index contributed by atoms with van der Waals surface area (Å²) in [4.78, 5) is 26.5. The first-order chi connectivity index (χ1) is 15.4. The van der Waals surface area contributed by atoms with Gasteiger partial charge >= 0.3 is 11.6 Å². The molecule has 0 saturated carbocycles. The first-order valence-electron chi connectivity index (χ1n) is 10.0. The lowest BCUT2D eigenvalue weighted by Crippen LogP contribution is -2.32. The summed E-state index contributed by atoms with van der Waals surface area (Å²) in [5.41, 5.74) is 2.47. The van der Waals surface area contributed by atoms with E-state index < -0.39 is 11.6 Å². The fourth-order valence-electron chi connectivity index (χ4n) is 4.08. The fraction of sp³-hybridized carbons (Fsp3) is 0.304. The molecule has 0 fully saturated rings. The lowest BCUT2D eigenvalue weighted by molar-refractivity contribution is -0.139. The van der Waals surface area contributed by atoms with Gasteiger partial charge in [0.05, 0.1) is 29.7 Å². The van der Waals surface area contributed by atoms with E-state index in [1.54, 1.807) is 13.0 Å². The molecule has 2 aliphatic rings. The molecule has 5 rings (SSSR count). The van der Waals surface area contributed by atoms with Crippen LogP contribution in [0.4, 0.5) is 0 Å². The highest BCUT2D eigenvalue weighted by Crippen LogP contribution is 2.40.